The van der Waals surface area contributed by atoms with Gasteiger partial charge in [-0.1, -0.05) is 23.4 Å². The van der Waals surface area contributed by atoms with Crippen LogP contribution in [0.5, 0.6) is 0 Å². The number of oxime groups is 1. The Kier molecular flexibility index (Phi) is 4.13. The minimum Gasteiger partial charge on any atom is -0.481 e. The fraction of sp³-hybridized carbons (Fsp3) is 0.136. The number of nitrogens with zero attached hydrogens (tertiary/aromatic N) is 3. The third-order valence-electron chi connectivity index (χ3n) is 4.99. The van der Waals surface area contributed by atoms with Gasteiger partial charge in [-0.25, -0.2) is 4.98 Å². The van der Waals surface area contributed by atoms with Gasteiger partial charge in [-0.05, 0) is 35.9 Å². The molecule has 0 aliphatic carbocycles. The average Bonchev–Trinajstić information content (AvgIpc) is 3.47. The number of aromatic nitrogens is 2. The topological polar surface area (TPSA) is 89.8 Å². The lowest BCUT2D eigenvalue weighted by molar-refractivity contribution is -0.139. The number of imidazole rings is 1. The second kappa shape index (κ2) is 6.94. The Morgan fingerprint density at radius 2 is 2.07 bits per heavy atom. The zero-order valence-electron chi connectivity index (χ0n) is 15.4. The Morgan fingerprint density at radius 3 is 2.90 bits per heavy atom. The molecule has 0 bridgehead atoms. The van der Waals surface area contributed by atoms with E-state index in [1.54, 1.807) is 18.9 Å². The van der Waals surface area contributed by atoms with Gasteiger partial charge in [0.15, 0.2) is 0 Å². The van der Waals surface area contributed by atoms with E-state index >= 15 is 0 Å². The largest absolute Gasteiger partial charge is 0.481 e. The number of carboxylic acids is 1. The van der Waals surface area contributed by atoms with Crippen LogP contribution < -0.4 is 0 Å². The third-order valence-corrected chi connectivity index (χ3v) is 4.99. The van der Waals surface area contributed by atoms with Crippen molar-refractivity contribution in [1.29, 1.82) is 0 Å². The first-order valence-corrected chi connectivity index (χ1v) is 9.22. The van der Waals surface area contributed by atoms with Gasteiger partial charge in [0, 0.05) is 23.2 Å². The van der Waals surface area contributed by atoms with Crippen molar-refractivity contribution in [3.8, 4) is 16.8 Å². The summed E-state index contributed by atoms with van der Waals surface area (Å²) in [5, 5.41) is 13.0. The van der Waals surface area contributed by atoms with Gasteiger partial charge in [0.2, 0.25) is 0 Å². The number of hydrogen-bond donors (Lipinski definition) is 1. The van der Waals surface area contributed by atoms with Crippen LogP contribution in [-0.4, -0.2) is 32.4 Å². The Labute approximate surface area is 165 Å². The van der Waals surface area contributed by atoms with E-state index in [9.17, 15) is 4.79 Å². The first-order valence-electron chi connectivity index (χ1n) is 9.22. The molecule has 0 amide bonds. The quantitative estimate of drug-likeness (QED) is 0.553. The standard InChI is InChI=1S/C22H17N3O4/c26-22(27)11-18-10-19(24-29-18)15-2-1-3-17(8-15)25-13-23-20-9-14(4-5-21(20)25)16-6-7-28-12-16/h1-9,12-13,18H,10-11H2,(H,26,27). The molecule has 4 aromatic rings. The van der Waals surface area contributed by atoms with Gasteiger partial charge in [0.25, 0.3) is 0 Å². The van der Waals surface area contributed by atoms with Gasteiger partial charge in [-0.3, -0.25) is 9.36 Å². The molecule has 1 N–H and O–H groups in total. The van der Waals surface area contributed by atoms with Gasteiger partial charge in [0.05, 0.1) is 35.7 Å². The van der Waals surface area contributed by atoms with Crippen LogP contribution in [-0.2, 0) is 9.63 Å². The van der Waals surface area contributed by atoms with Gasteiger partial charge >= 0.3 is 5.97 Å². The molecule has 1 unspecified atom stereocenters. The van der Waals surface area contributed by atoms with Crippen LogP contribution in [0.2, 0.25) is 0 Å². The van der Waals surface area contributed by atoms with Crippen LogP contribution in [0, 0.1) is 0 Å². The molecular weight excluding hydrogens is 370 g/mol. The highest BCUT2D eigenvalue weighted by Gasteiger charge is 2.24. The molecule has 3 heterocycles. The Balaban J connectivity index is 1.45. The van der Waals surface area contributed by atoms with Crippen molar-refractivity contribution in [2.45, 2.75) is 18.9 Å². The first kappa shape index (κ1) is 17.2. The van der Waals surface area contributed by atoms with Crippen molar-refractivity contribution in [2.24, 2.45) is 5.16 Å². The summed E-state index contributed by atoms with van der Waals surface area (Å²) in [5.41, 5.74) is 6.55. The molecule has 1 aliphatic heterocycles. The summed E-state index contributed by atoms with van der Waals surface area (Å²) in [4.78, 5) is 20.7. The number of fused-ring (bicyclic) bond motifs is 1. The van der Waals surface area contributed by atoms with Crippen LogP contribution in [0.15, 0.2) is 77.0 Å². The molecule has 0 spiro atoms. The second-order valence-corrected chi connectivity index (χ2v) is 6.95. The maximum absolute atomic E-state index is 10.9. The molecular formula is C22H17N3O4. The first-order chi connectivity index (χ1) is 14.2. The summed E-state index contributed by atoms with van der Waals surface area (Å²) in [6, 6.07) is 15.9. The van der Waals surface area contributed by atoms with E-state index in [4.69, 9.17) is 14.4 Å². The smallest absolute Gasteiger partial charge is 0.307 e. The number of hydrogen-bond acceptors (Lipinski definition) is 5. The van der Waals surface area contributed by atoms with E-state index in [-0.39, 0.29) is 6.42 Å². The van der Waals surface area contributed by atoms with Gasteiger partial charge in [-0.15, -0.1) is 0 Å². The predicted molar refractivity (Wildman–Crippen MR) is 107 cm³/mol. The lowest BCUT2D eigenvalue weighted by Gasteiger charge is -2.08. The maximum Gasteiger partial charge on any atom is 0.307 e. The zero-order chi connectivity index (χ0) is 19.8. The van der Waals surface area contributed by atoms with Crippen molar-refractivity contribution in [1.82, 2.24) is 9.55 Å². The van der Waals surface area contributed by atoms with Crippen LogP contribution in [0.3, 0.4) is 0 Å². The lowest BCUT2D eigenvalue weighted by atomic mass is 10.0. The zero-order valence-corrected chi connectivity index (χ0v) is 15.4. The monoisotopic (exact) mass is 387 g/mol. The second-order valence-electron chi connectivity index (χ2n) is 6.95. The van der Waals surface area contributed by atoms with Crippen LogP contribution in [0.25, 0.3) is 27.8 Å². The number of aliphatic carboxylic acids is 1. The SMILES string of the molecule is O=C(O)CC1CC(c2cccc(-n3cnc4cc(-c5ccoc5)ccc43)c2)=NO1. The molecule has 29 heavy (non-hydrogen) atoms. The molecule has 0 fully saturated rings. The number of furan rings is 1. The van der Waals surface area contributed by atoms with E-state index in [1.165, 1.54) is 0 Å². The molecule has 5 rings (SSSR count). The van der Waals surface area contributed by atoms with Crippen molar-refractivity contribution < 1.29 is 19.2 Å². The number of rotatable bonds is 5. The molecule has 7 heteroatoms. The van der Waals surface area contributed by atoms with Crippen LogP contribution >= 0.6 is 0 Å². The van der Waals surface area contributed by atoms with Crippen molar-refractivity contribution in [3.05, 3.63) is 72.9 Å². The van der Waals surface area contributed by atoms with E-state index in [1.807, 2.05) is 53.1 Å². The number of benzene rings is 2. The minimum atomic E-state index is -0.889. The van der Waals surface area contributed by atoms with Gasteiger partial charge < -0.3 is 14.4 Å². The highest BCUT2D eigenvalue weighted by atomic mass is 16.6. The van der Waals surface area contributed by atoms with Crippen molar-refractivity contribution >= 4 is 22.7 Å². The van der Waals surface area contributed by atoms with E-state index < -0.39 is 12.1 Å². The summed E-state index contributed by atoms with van der Waals surface area (Å²) in [6.07, 6.45) is 5.17. The van der Waals surface area contributed by atoms with Crippen molar-refractivity contribution in [2.75, 3.05) is 0 Å². The Hall–Kier alpha value is -3.87. The molecule has 1 aliphatic rings. The number of carboxylic acid groups (broad SMARTS) is 1. The molecule has 0 saturated carbocycles. The summed E-state index contributed by atoms with van der Waals surface area (Å²) in [5.74, 6) is -0.889. The third kappa shape index (κ3) is 3.27. The molecule has 0 saturated heterocycles. The summed E-state index contributed by atoms with van der Waals surface area (Å²) in [6.45, 7) is 0. The Bertz CT molecular complexity index is 1220. The fourth-order valence-electron chi connectivity index (χ4n) is 3.57. The fourth-order valence-corrected chi connectivity index (χ4v) is 3.57. The highest BCUT2D eigenvalue weighted by Crippen LogP contribution is 2.27. The number of carbonyl (C=O) groups is 1. The summed E-state index contributed by atoms with van der Waals surface area (Å²) >= 11 is 0. The lowest BCUT2D eigenvalue weighted by Crippen LogP contribution is -2.13. The summed E-state index contributed by atoms with van der Waals surface area (Å²) < 4.78 is 7.18. The van der Waals surface area contributed by atoms with E-state index in [0.29, 0.717) is 6.42 Å². The highest BCUT2D eigenvalue weighted by molar-refractivity contribution is 6.02. The summed E-state index contributed by atoms with van der Waals surface area (Å²) in [7, 11) is 0. The van der Waals surface area contributed by atoms with Crippen LogP contribution in [0.4, 0.5) is 0 Å². The molecule has 2 aromatic heterocycles. The minimum absolute atomic E-state index is 0.0577. The molecule has 0 radical (unpaired) electrons. The average molecular weight is 387 g/mol. The van der Waals surface area contributed by atoms with Crippen LogP contribution in [0.1, 0.15) is 18.4 Å². The van der Waals surface area contributed by atoms with Crippen molar-refractivity contribution in [3.63, 3.8) is 0 Å². The van der Waals surface area contributed by atoms with E-state index in [0.717, 1.165) is 39.1 Å². The maximum atomic E-state index is 10.9. The van der Waals surface area contributed by atoms with E-state index in [2.05, 4.69) is 10.1 Å². The molecule has 2 aromatic carbocycles. The normalized spacial score (nSPS) is 16.0. The molecule has 1 atom stereocenters. The van der Waals surface area contributed by atoms with Gasteiger partial charge in [0.1, 0.15) is 12.4 Å². The molecule has 7 nitrogen and oxygen atoms in total. The van der Waals surface area contributed by atoms with Gasteiger partial charge in [-0.2, -0.15) is 0 Å². The molecule has 144 valence electrons. The Morgan fingerprint density at radius 1 is 1.14 bits per heavy atom. The predicted octanol–water partition coefficient (Wildman–Crippen LogP) is 4.25.